The summed E-state index contributed by atoms with van der Waals surface area (Å²) in [7, 11) is 4.36. The summed E-state index contributed by atoms with van der Waals surface area (Å²) in [6, 6.07) is 7.40. The van der Waals surface area contributed by atoms with Crippen molar-refractivity contribution in [2.75, 3.05) is 21.3 Å². The molecule has 0 amide bonds. The van der Waals surface area contributed by atoms with E-state index in [2.05, 4.69) is 10.3 Å². The van der Waals surface area contributed by atoms with Crippen LogP contribution < -0.4 is 0 Å². The lowest BCUT2D eigenvalue weighted by atomic mass is 9.84. The highest BCUT2D eigenvalue weighted by atomic mass is 16.6. The van der Waals surface area contributed by atoms with Gasteiger partial charge in [0, 0.05) is 11.5 Å². The average Bonchev–Trinajstić information content (AvgIpc) is 2.82. The predicted octanol–water partition coefficient (Wildman–Crippen LogP) is 5.35. The van der Waals surface area contributed by atoms with E-state index in [-0.39, 0.29) is 6.61 Å². The van der Waals surface area contributed by atoms with E-state index < -0.39 is 5.97 Å². The first kappa shape index (κ1) is 26.2. The van der Waals surface area contributed by atoms with E-state index in [0.717, 1.165) is 24.1 Å². The van der Waals surface area contributed by atoms with Gasteiger partial charge in [-0.1, -0.05) is 67.7 Å². The van der Waals surface area contributed by atoms with Crippen LogP contribution in [0.2, 0.25) is 0 Å². The third-order valence-electron chi connectivity index (χ3n) is 4.92. The minimum Gasteiger partial charge on any atom is -0.503 e. The number of hydrogen-bond donors (Lipinski definition) is 0. The maximum atomic E-state index is 12.1. The van der Waals surface area contributed by atoms with E-state index >= 15 is 0 Å². The van der Waals surface area contributed by atoms with Crippen molar-refractivity contribution in [1.29, 1.82) is 0 Å². The maximum absolute atomic E-state index is 12.1. The fourth-order valence-corrected chi connectivity index (χ4v) is 3.51. The van der Waals surface area contributed by atoms with E-state index in [1.807, 2.05) is 45.0 Å². The fourth-order valence-electron chi connectivity index (χ4n) is 3.51. The molecule has 1 aliphatic carbocycles. The van der Waals surface area contributed by atoms with Crippen LogP contribution in [0.5, 0.6) is 0 Å². The highest BCUT2D eigenvalue weighted by Gasteiger charge is 2.23. The Morgan fingerprint density at radius 2 is 1.74 bits per heavy atom. The van der Waals surface area contributed by atoms with Gasteiger partial charge in [0.1, 0.15) is 30.7 Å². The van der Waals surface area contributed by atoms with Gasteiger partial charge in [0.2, 0.25) is 0 Å². The molecule has 0 aliphatic heterocycles. The Morgan fingerprint density at radius 1 is 1.06 bits per heavy atom. The van der Waals surface area contributed by atoms with Crippen molar-refractivity contribution in [3.8, 4) is 0 Å². The van der Waals surface area contributed by atoms with Crippen LogP contribution >= 0.6 is 0 Å². The highest BCUT2D eigenvalue weighted by Crippen LogP contribution is 2.26. The Labute approximate surface area is 186 Å². The first-order valence-corrected chi connectivity index (χ1v) is 10.8. The molecule has 31 heavy (non-hydrogen) atoms. The molecular weight excluding hydrogens is 396 g/mol. The number of esters is 1. The molecule has 0 saturated heterocycles. The van der Waals surface area contributed by atoms with Crippen molar-refractivity contribution < 1.29 is 23.9 Å². The topological polar surface area (TPSA) is 78.7 Å². The molecule has 0 radical (unpaired) electrons. The smallest absolute Gasteiger partial charge is 0.341 e. The second kappa shape index (κ2) is 15.0. The minimum atomic E-state index is -0.481. The Balaban J connectivity index is 0.00000233. The second-order valence-electron chi connectivity index (χ2n) is 6.86. The third kappa shape index (κ3) is 8.07. The largest absolute Gasteiger partial charge is 0.503 e. The van der Waals surface area contributed by atoms with Crippen LogP contribution in [-0.2, 0) is 30.6 Å². The molecule has 0 bridgehead atoms. The van der Waals surface area contributed by atoms with Crippen LogP contribution in [0.25, 0.3) is 5.57 Å². The van der Waals surface area contributed by atoms with Gasteiger partial charge in [-0.25, -0.2) is 4.79 Å². The summed E-state index contributed by atoms with van der Waals surface area (Å²) < 4.78 is 9.90. The van der Waals surface area contributed by atoms with E-state index in [0.29, 0.717) is 22.8 Å². The van der Waals surface area contributed by atoms with Gasteiger partial charge in [0.15, 0.2) is 0 Å². The molecular formula is C24H36N2O5. The Hall–Kier alpha value is -2.83. The summed E-state index contributed by atoms with van der Waals surface area (Å²) in [5.74, 6) is -0.135. The number of hydrogen-bond acceptors (Lipinski definition) is 7. The van der Waals surface area contributed by atoms with Crippen molar-refractivity contribution in [2.24, 2.45) is 16.2 Å². The molecule has 1 aromatic carbocycles. The van der Waals surface area contributed by atoms with Crippen molar-refractivity contribution in [1.82, 2.24) is 0 Å². The van der Waals surface area contributed by atoms with E-state index in [4.69, 9.17) is 19.1 Å². The zero-order valence-electron chi connectivity index (χ0n) is 19.6. The molecule has 0 unspecified atom stereocenters. The highest BCUT2D eigenvalue weighted by molar-refractivity contribution is 6.42. The van der Waals surface area contributed by atoms with Gasteiger partial charge < -0.3 is 19.1 Å². The van der Waals surface area contributed by atoms with Gasteiger partial charge in [-0.05, 0) is 25.3 Å². The summed E-state index contributed by atoms with van der Waals surface area (Å²) in [6.45, 7) is 6.07. The lowest BCUT2D eigenvalue weighted by Gasteiger charge is -2.22. The van der Waals surface area contributed by atoms with Crippen molar-refractivity contribution in [3.63, 3.8) is 0 Å². The molecule has 7 nitrogen and oxygen atoms in total. The zero-order valence-corrected chi connectivity index (χ0v) is 19.6. The van der Waals surface area contributed by atoms with Gasteiger partial charge in [-0.3, -0.25) is 0 Å². The number of nitrogens with zero attached hydrogens (tertiary/aromatic N) is 2. The molecule has 0 spiro atoms. The van der Waals surface area contributed by atoms with Crippen LogP contribution in [0.1, 0.15) is 64.0 Å². The van der Waals surface area contributed by atoms with Crippen LogP contribution in [-0.4, -0.2) is 38.7 Å². The first-order chi connectivity index (χ1) is 15.1. The standard InChI is InChI=1S/C22H30N2O5.C2H6/c1-16(21(24-28-4)17-10-6-5-7-11-17)23-29-14-18-12-8-9-13-19(18)20(15-26-2)22(25)27-3;1-2/h8-9,12-13,15,17H,5-7,10-11,14H2,1-4H3;1-2H3/b20-15+,23-16-,24-21+;. The number of carbonyl (C=O) groups is 1. The third-order valence-corrected chi connectivity index (χ3v) is 4.92. The molecule has 0 heterocycles. The molecule has 1 aromatic rings. The summed E-state index contributed by atoms with van der Waals surface area (Å²) in [6.07, 6.45) is 7.18. The summed E-state index contributed by atoms with van der Waals surface area (Å²) in [4.78, 5) is 22.8. The maximum Gasteiger partial charge on any atom is 0.341 e. The second-order valence-corrected chi connectivity index (χ2v) is 6.86. The number of benzene rings is 1. The molecule has 1 aliphatic rings. The molecule has 2 rings (SSSR count). The lowest BCUT2D eigenvalue weighted by Crippen LogP contribution is -2.25. The number of oxime groups is 2. The van der Waals surface area contributed by atoms with E-state index in [1.54, 1.807) is 7.11 Å². The Morgan fingerprint density at radius 3 is 2.35 bits per heavy atom. The van der Waals surface area contributed by atoms with Crippen molar-refractivity contribution in [3.05, 3.63) is 41.7 Å². The molecule has 7 heteroatoms. The van der Waals surface area contributed by atoms with Gasteiger partial charge in [-0.2, -0.15) is 0 Å². The number of methoxy groups -OCH3 is 2. The Kier molecular flexibility index (Phi) is 12.7. The first-order valence-electron chi connectivity index (χ1n) is 10.8. The average molecular weight is 433 g/mol. The van der Waals surface area contributed by atoms with Crippen molar-refractivity contribution in [2.45, 2.75) is 59.5 Å². The quantitative estimate of drug-likeness (QED) is 0.173. The SMILES string of the molecule is CC.CO/C=C(/C(=O)OC)c1ccccc1CO/N=C(C)\C(=N/OC)C1CCCCC1. The van der Waals surface area contributed by atoms with Gasteiger partial charge in [0.05, 0.1) is 20.5 Å². The lowest BCUT2D eigenvalue weighted by molar-refractivity contribution is -0.133. The zero-order chi connectivity index (χ0) is 23.1. The minimum absolute atomic E-state index is 0.191. The number of rotatable bonds is 9. The van der Waals surface area contributed by atoms with Crippen molar-refractivity contribution >= 4 is 23.0 Å². The molecule has 1 fully saturated rings. The van der Waals surface area contributed by atoms with Gasteiger partial charge in [0.25, 0.3) is 0 Å². The Bertz CT molecular complexity index is 765. The summed E-state index contributed by atoms with van der Waals surface area (Å²) >= 11 is 0. The van der Waals surface area contributed by atoms with Gasteiger partial charge in [-0.15, -0.1) is 0 Å². The fraction of sp³-hybridized carbons (Fsp3) is 0.542. The molecule has 1 saturated carbocycles. The van der Waals surface area contributed by atoms with Crippen LogP contribution in [0.3, 0.4) is 0 Å². The van der Waals surface area contributed by atoms with Crippen LogP contribution in [0.4, 0.5) is 0 Å². The van der Waals surface area contributed by atoms with Gasteiger partial charge >= 0.3 is 5.97 Å². The summed E-state index contributed by atoms with van der Waals surface area (Å²) in [5, 5.41) is 8.46. The number of ether oxygens (including phenoxy) is 2. The molecule has 0 atom stereocenters. The molecule has 0 aromatic heterocycles. The number of carbonyl (C=O) groups excluding carboxylic acids is 1. The van der Waals surface area contributed by atoms with Crippen LogP contribution in [0.15, 0.2) is 40.8 Å². The monoisotopic (exact) mass is 432 g/mol. The summed E-state index contributed by atoms with van der Waals surface area (Å²) in [5.41, 5.74) is 3.33. The molecule has 0 N–H and O–H groups in total. The predicted molar refractivity (Wildman–Crippen MR) is 124 cm³/mol. The van der Waals surface area contributed by atoms with E-state index in [9.17, 15) is 4.79 Å². The van der Waals surface area contributed by atoms with E-state index in [1.165, 1.54) is 39.7 Å². The normalized spacial score (nSPS) is 15.5. The van der Waals surface area contributed by atoms with Crippen LogP contribution in [0, 0.1) is 5.92 Å². The molecule has 172 valence electrons.